The van der Waals surface area contributed by atoms with Gasteiger partial charge < -0.3 is 25.0 Å². The topological polar surface area (TPSA) is 97.0 Å². The molecule has 250 valence electrons. The third-order valence-electron chi connectivity index (χ3n) is 8.46. The third-order valence-corrected chi connectivity index (χ3v) is 8.69. The van der Waals surface area contributed by atoms with Crippen LogP contribution in [-0.2, 0) is 38.8 Å². The molecule has 10 heteroatoms. The van der Waals surface area contributed by atoms with Crippen LogP contribution in [0.2, 0.25) is 5.02 Å². The largest absolute Gasteiger partial charge is 0.497 e. The van der Waals surface area contributed by atoms with E-state index in [1.807, 2.05) is 60.7 Å². The number of carbonyl (C=O) groups excluding carboxylic acids is 3. The molecule has 8 nitrogen and oxygen atoms in total. The van der Waals surface area contributed by atoms with Crippen LogP contribution in [0.5, 0.6) is 5.75 Å². The second-order valence-electron chi connectivity index (χ2n) is 11.9. The molecular formula is C39H35ClFN3O5. The molecule has 0 saturated heterocycles. The second-order valence-corrected chi connectivity index (χ2v) is 12.3. The molecule has 0 bridgehead atoms. The van der Waals surface area contributed by atoms with Gasteiger partial charge in [0.25, 0.3) is 5.91 Å². The van der Waals surface area contributed by atoms with Gasteiger partial charge in [-0.2, -0.15) is 0 Å². The zero-order chi connectivity index (χ0) is 34.5. The van der Waals surface area contributed by atoms with E-state index >= 15 is 0 Å². The number of hydrogen-bond donors (Lipinski definition) is 2. The number of anilines is 1. The first kappa shape index (κ1) is 33.6. The predicted molar refractivity (Wildman–Crippen MR) is 187 cm³/mol. The number of hydrogen-bond acceptors (Lipinski definition) is 5. The van der Waals surface area contributed by atoms with Crippen LogP contribution >= 0.6 is 11.6 Å². The van der Waals surface area contributed by atoms with E-state index in [-0.39, 0.29) is 25.4 Å². The lowest BCUT2D eigenvalue weighted by Crippen LogP contribution is -2.41. The van der Waals surface area contributed by atoms with Crippen molar-refractivity contribution in [3.05, 3.63) is 142 Å². The van der Waals surface area contributed by atoms with Crippen LogP contribution in [0.4, 0.5) is 10.1 Å². The van der Waals surface area contributed by atoms with Crippen LogP contribution < -0.4 is 20.3 Å². The molecule has 0 aromatic heterocycles. The number of nitrogens with zero attached hydrogens (tertiary/aromatic N) is 1. The molecule has 0 fully saturated rings. The van der Waals surface area contributed by atoms with Crippen molar-refractivity contribution in [1.82, 2.24) is 10.6 Å². The number of carbonyl (C=O) groups is 3. The van der Waals surface area contributed by atoms with Gasteiger partial charge in [0.15, 0.2) is 0 Å². The van der Waals surface area contributed by atoms with Crippen molar-refractivity contribution in [1.29, 1.82) is 0 Å². The molecule has 0 radical (unpaired) electrons. The van der Waals surface area contributed by atoms with E-state index in [4.69, 9.17) is 21.1 Å². The Bertz CT molecular complexity index is 2040. The lowest BCUT2D eigenvalue weighted by molar-refractivity contribution is -0.138. The van der Waals surface area contributed by atoms with Gasteiger partial charge in [0, 0.05) is 36.2 Å². The average Bonchev–Trinajstić information content (AvgIpc) is 3.20. The van der Waals surface area contributed by atoms with Crippen molar-refractivity contribution in [2.24, 2.45) is 0 Å². The summed E-state index contributed by atoms with van der Waals surface area (Å²) in [4.78, 5) is 41.1. The minimum absolute atomic E-state index is 0.0392. The first-order chi connectivity index (χ1) is 23.7. The Morgan fingerprint density at radius 2 is 1.67 bits per heavy atom. The van der Waals surface area contributed by atoms with E-state index in [2.05, 4.69) is 10.6 Å². The highest BCUT2D eigenvalue weighted by molar-refractivity contribution is 6.30. The molecule has 5 aromatic rings. The van der Waals surface area contributed by atoms with Crippen molar-refractivity contribution in [2.45, 2.75) is 45.2 Å². The highest BCUT2D eigenvalue weighted by Gasteiger charge is 2.38. The number of nitrogens with one attached hydrogen (secondary N) is 2. The van der Waals surface area contributed by atoms with Crippen LogP contribution in [0.1, 0.15) is 47.3 Å². The SMILES string of the molecule is COc1ccc2cc(CN3C(=O)C(CC(=O)NCc4ccccc4F)OC(c4cccc(CNC(C)=O)c4)c4cc(Cl)ccc43)ccc2c1. The molecule has 2 N–H and O–H groups in total. The summed E-state index contributed by atoms with van der Waals surface area (Å²) >= 11 is 6.55. The summed E-state index contributed by atoms with van der Waals surface area (Å²) in [5.74, 6) is -0.728. The van der Waals surface area contributed by atoms with Crippen molar-refractivity contribution in [3.8, 4) is 5.75 Å². The van der Waals surface area contributed by atoms with E-state index in [1.54, 1.807) is 48.4 Å². The average molecular weight is 680 g/mol. The summed E-state index contributed by atoms with van der Waals surface area (Å²) in [6.07, 6.45) is -2.28. The zero-order valence-electron chi connectivity index (χ0n) is 27.0. The fraction of sp³-hybridized carbons (Fsp3) is 0.205. The number of benzene rings is 5. The molecule has 2 atom stereocenters. The Morgan fingerprint density at radius 1 is 0.878 bits per heavy atom. The first-order valence-corrected chi connectivity index (χ1v) is 16.2. The van der Waals surface area contributed by atoms with E-state index in [0.717, 1.165) is 33.2 Å². The summed E-state index contributed by atoms with van der Waals surface area (Å²) in [7, 11) is 1.62. The Hall–Kier alpha value is -5.25. The van der Waals surface area contributed by atoms with Crippen molar-refractivity contribution >= 4 is 45.8 Å². The van der Waals surface area contributed by atoms with E-state index in [9.17, 15) is 18.8 Å². The maximum Gasteiger partial charge on any atom is 0.257 e. The standard InChI is InChI=1S/C39H35ClFN3O5/c1-24(45)42-21-25-6-5-8-29(16-25)38-33-19-31(40)13-15-35(33)44(23-26-10-11-28-18-32(48-2)14-12-27(28)17-26)39(47)36(49-38)20-37(46)43-22-30-7-3-4-9-34(30)41/h3-19,36,38H,20-23H2,1-2H3,(H,42,45)(H,43,46). The number of fused-ring (bicyclic) bond motifs is 2. The van der Waals surface area contributed by atoms with Gasteiger partial charge in [0.05, 0.1) is 25.8 Å². The van der Waals surface area contributed by atoms with Gasteiger partial charge in [0.1, 0.15) is 23.8 Å². The highest BCUT2D eigenvalue weighted by atomic mass is 35.5. The smallest absolute Gasteiger partial charge is 0.257 e. The fourth-order valence-electron chi connectivity index (χ4n) is 5.98. The summed E-state index contributed by atoms with van der Waals surface area (Å²) in [6, 6.07) is 30.7. The van der Waals surface area contributed by atoms with Crippen LogP contribution in [0.3, 0.4) is 0 Å². The zero-order valence-corrected chi connectivity index (χ0v) is 27.8. The fourth-order valence-corrected chi connectivity index (χ4v) is 6.16. The summed E-state index contributed by atoms with van der Waals surface area (Å²) in [6.45, 7) is 1.91. The molecule has 3 amide bonds. The summed E-state index contributed by atoms with van der Waals surface area (Å²) < 4.78 is 26.3. The quantitative estimate of drug-likeness (QED) is 0.166. The van der Waals surface area contributed by atoms with Gasteiger partial charge in [-0.3, -0.25) is 14.4 Å². The maximum atomic E-state index is 14.5. The summed E-state index contributed by atoms with van der Waals surface area (Å²) in [5, 5.41) is 7.97. The minimum Gasteiger partial charge on any atom is -0.497 e. The Kier molecular flexibility index (Phi) is 10.2. The second kappa shape index (κ2) is 14.9. The molecule has 1 aliphatic rings. The number of halogens is 2. The highest BCUT2D eigenvalue weighted by Crippen LogP contribution is 2.41. The lowest BCUT2D eigenvalue weighted by atomic mass is 9.97. The first-order valence-electron chi connectivity index (χ1n) is 15.8. The Morgan fingerprint density at radius 3 is 2.47 bits per heavy atom. The Balaban J connectivity index is 1.37. The van der Waals surface area contributed by atoms with Gasteiger partial charge in [-0.1, -0.05) is 72.3 Å². The minimum atomic E-state index is -1.19. The van der Waals surface area contributed by atoms with Gasteiger partial charge in [-0.05, 0) is 69.9 Å². The van der Waals surface area contributed by atoms with Crippen molar-refractivity contribution < 1.29 is 28.2 Å². The molecule has 49 heavy (non-hydrogen) atoms. The van der Waals surface area contributed by atoms with Gasteiger partial charge >= 0.3 is 0 Å². The maximum absolute atomic E-state index is 14.5. The van der Waals surface area contributed by atoms with Crippen LogP contribution in [-0.4, -0.2) is 30.9 Å². The molecule has 1 aliphatic heterocycles. The molecule has 1 heterocycles. The lowest BCUT2D eigenvalue weighted by Gasteiger charge is -2.25. The van der Waals surface area contributed by atoms with Crippen LogP contribution in [0, 0.1) is 5.82 Å². The molecule has 0 aliphatic carbocycles. The van der Waals surface area contributed by atoms with Gasteiger partial charge in [-0.15, -0.1) is 0 Å². The van der Waals surface area contributed by atoms with E-state index in [0.29, 0.717) is 28.4 Å². The van der Waals surface area contributed by atoms with Gasteiger partial charge in [-0.25, -0.2) is 4.39 Å². The predicted octanol–water partition coefficient (Wildman–Crippen LogP) is 7.00. The molecule has 5 aromatic carbocycles. The number of rotatable bonds is 10. The number of methoxy groups -OCH3 is 1. The molecule has 0 saturated carbocycles. The number of ether oxygens (including phenoxy) is 2. The molecule has 2 unspecified atom stereocenters. The van der Waals surface area contributed by atoms with Crippen molar-refractivity contribution in [2.75, 3.05) is 12.0 Å². The van der Waals surface area contributed by atoms with E-state index in [1.165, 1.54) is 13.0 Å². The summed E-state index contributed by atoms with van der Waals surface area (Å²) in [5.41, 5.74) is 3.99. The number of amides is 3. The molecule has 0 spiro atoms. The Labute approximate surface area is 288 Å². The monoisotopic (exact) mass is 679 g/mol. The normalized spacial score (nSPS) is 15.8. The van der Waals surface area contributed by atoms with Crippen LogP contribution in [0.25, 0.3) is 10.8 Å². The van der Waals surface area contributed by atoms with Crippen LogP contribution in [0.15, 0.2) is 103 Å². The van der Waals surface area contributed by atoms with E-state index < -0.39 is 29.8 Å². The molecule has 6 rings (SSSR count). The van der Waals surface area contributed by atoms with Crippen molar-refractivity contribution in [3.63, 3.8) is 0 Å². The third kappa shape index (κ3) is 7.91. The molecular weight excluding hydrogens is 645 g/mol. The van der Waals surface area contributed by atoms with Gasteiger partial charge in [0.2, 0.25) is 11.8 Å².